The molecule has 0 bridgehead atoms. The van der Waals surface area contributed by atoms with Gasteiger partial charge in [-0.05, 0) is 31.1 Å². The van der Waals surface area contributed by atoms with Crippen LogP contribution in [0.25, 0.3) is 10.9 Å². The fourth-order valence-corrected chi connectivity index (χ4v) is 3.55. The van der Waals surface area contributed by atoms with Crippen LogP contribution in [0.5, 0.6) is 11.5 Å². The highest BCUT2D eigenvalue weighted by molar-refractivity contribution is 7.80. The maximum Gasteiger partial charge on any atom is 0.227 e. The van der Waals surface area contributed by atoms with Crippen molar-refractivity contribution in [3.8, 4) is 11.5 Å². The van der Waals surface area contributed by atoms with Crippen LogP contribution < -0.4 is 25.0 Å². The highest BCUT2D eigenvalue weighted by Gasteiger charge is 2.19. The van der Waals surface area contributed by atoms with E-state index in [4.69, 9.17) is 19.4 Å². The Morgan fingerprint density at radius 3 is 2.55 bits per heavy atom. The summed E-state index contributed by atoms with van der Waals surface area (Å²) in [6.07, 6.45) is 3.54. The number of amides is 1. The summed E-state index contributed by atoms with van der Waals surface area (Å²) < 4.78 is 10.9. The number of hydrogen-bond acceptors (Lipinski definition) is 8. The third kappa shape index (κ3) is 5.35. The zero-order valence-corrected chi connectivity index (χ0v) is 17.9. The molecule has 0 unspecified atom stereocenters. The summed E-state index contributed by atoms with van der Waals surface area (Å²) in [5, 5.41) is 7.18. The first-order chi connectivity index (χ1) is 14.2. The molecule has 0 spiro atoms. The lowest BCUT2D eigenvalue weighted by Crippen LogP contribution is -2.26. The fraction of sp³-hybridized carbons (Fsp3) is 0.550. The second kappa shape index (κ2) is 10.4. The number of anilines is 2. The summed E-state index contributed by atoms with van der Waals surface area (Å²) in [4.78, 5) is 23.3. The minimum atomic E-state index is 0.0284. The standard InChI is InChI=1S/C20H29N5O3S/c1-27-16-12-14-15(13-17(16)28-2)23-20(25-9-3-4-10-25)24-19(14)22-8-5-7-21-18(26)6-11-29/h12-13,29H,3-11H2,1-2H3,(H,21,26)(H,22,23,24). The van der Waals surface area contributed by atoms with Crippen LogP contribution in [-0.4, -0.2) is 62.0 Å². The summed E-state index contributed by atoms with van der Waals surface area (Å²) in [6.45, 7) is 3.23. The van der Waals surface area contributed by atoms with Crippen LogP contribution in [0.1, 0.15) is 25.7 Å². The first kappa shape index (κ1) is 21.3. The Labute approximate surface area is 176 Å². The Hall–Kier alpha value is -2.42. The maximum atomic E-state index is 11.5. The van der Waals surface area contributed by atoms with Gasteiger partial charge in [0.1, 0.15) is 5.82 Å². The topological polar surface area (TPSA) is 88.6 Å². The quantitative estimate of drug-likeness (QED) is 0.403. The van der Waals surface area contributed by atoms with Crippen molar-refractivity contribution in [2.45, 2.75) is 25.7 Å². The molecule has 1 aromatic carbocycles. The monoisotopic (exact) mass is 419 g/mol. The van der Waals surface area contributed by atoms with Gasteiger partial charge in [-0.15, -0.1) is 0 Å². The Kier molecular flexibility index (Phi) is 7.62. The van der Waals surface area contributed by atoms with E-state index in [-0.39, 0.29) is 5.91 Å². The molecule has 0 aliphatic carbocycles. The minimum Gasteiger partial charge on any atom is -0.493 e. The van der Waals surface area contributed by atoms with Crippen LogP contribution in [0.3, 0.4) is 0 Å². The number of methoxy groups -OCH3 is 2. The lowest BCUT2D eigenvalue weighted by Gasteiger charge is -2.19. The number of rotatable bonds is 10. The van der Waals surface area contributed by atoms with Gasteiger partial charge in [0, 0.05) is 44.1 Å². The number of thiol groups is 1. The lowest BCUT2D eigenvalue weighted by atomic mass is 10.2. The smallest absolute Gasteiger partial charge is 0.227 e. The number of nitrogens with one attached hydrogen (secondary N) is 2. The van der Waals surface area contributed by atoms with E-state index in [1.165, 1.54) is 0 Å². The lowest BCUT2D eigenvalue weighted by molar-refractivity contribution is -0.120. The second-order valence-electron chi connectivity index (χ2n) is 6.89. The van der Waals surface area contributed by atoms with Crippen molar-refractivity contribution in [2.75, 3.05) is 56.4 Å². The Morgan fingerprint density at radius 1 is 1.14 bits per heavy atom. The van der Waals surface area contributed by atoms with E-state index in [2.05, 4.69) is 28.2 Å². The predicted molar refractivity (Wildman–Crippen MR) is 119 cm³/mol. The number of aromatic nitrogens is 2. The molecule has 1 aromatic heterocycles. The molecule has 2 heterocycles. The Morgan fingerprint density at radius 2 is 1.86 bits per heavy atom. The molecule has 0 atom stereocenters. The number of carbonyl (C=O) groups excluding carboxylic acids is 1. The molecule has 158 valence electrons. The van der Waals surface area contributed by atoms with Crippen LogP contribution in [0, 0.1) is 0 Å². The van der Waals surface area contributed by atoms with Gasteiger partial charge in [0.15, 0.2) is 11.5 Å². The van der Waals surface area contributed by atoms with Gasteiger partial charge in [-0.1, -0.05) is 0 Å². The van der Waals surface area contributed by atoms with E-state index < -0.39 is 0 Å². The molecule has 1 fully saturated rings. The maximum absolute atomic E-state index is 11.5. The van der Waals surface area contributed by atoms with Crippen LogP contribution in [0.2, 0.25) is 0 Å². The first-order valence-electron chi connectivity index (χ1n) is 9.96. The summed E-state index contributed by atoms with van der Waals surface area (Å²) in [5.74, 6) is 3.36. The largest absolute Gasteiger partial charge is 0.493 e. The molecular weight excluding hydrogens is 390 g/mol. The van der Waals surface area contributed by atoms with Crippen molar-refractivity contribution in [2.24, 2.45) is 0 Å². The van der Waals surface area contributed by atoms with E-state index in [1.54, 1.807) is 14.2 Å². The van der Waals surface area contributed by atoms with Crippen LogP contribution >= 0.6 is 12.6 Å². The number of hydrogen-bond donors (Lipinski definition) is 3. The summed E-state index contributed by atoms with van der Waals surface area (Å²) in [6, 6.07) is 3.79. The third-order valence-electron chi connectivity index (χ3n) is 4.89. The average molecular weight is 420 g/mol. The number of carbonyl (C=O) groups is 1. The summed E-state index contributed by atoms with van der Waals surface area (Å²) >= 11 is 4.07. The molecule has 1 saturated heterocycles. The third-order valence-corrected chi connectivity index (χ3v) is 5.11. The highest BCUT2D eigenvalue weighted by atomic mass is 32.1. The van der Waals surface area contributed by atoms with Gasteiger partial charge in [0.05, 0.1) is 19.7 Å². The molecule has 9 heteroatoms. The molecule has 0 radical (unpaired) electrons. The first-order valence-corrected chi connectivity index (χ1v) is 10.6. The minimum absolute atomic E-state index is 0.0284. The van der Waals surface area contributed by atoms with Gasteiger partial charge in [0.2, 0.25) is 11.9 Å². The van der Waals surface area contributed by atoms with E-state index in [9.17, 15) is 4.79 Å². The number of benzene rings is 1. The molecule has 2 aromatic rings. The SMILES string of the molecule is COc1cc2nc(N3CCCC3)nc(NCCCNC(=O)CCS)c2cc1OC. The van der Waals surface area contributed by atoms with Crippen LogP contribution in [0.4, 0.5) is 11.8 Å². The Balaban J connectivity index is 1.80. The van der Waals surface area contributed by atoms with E-state index in [0.29, 0.717) is 36.8 Å². The van der Waals surface area contributed by atoms with Crippen molar-refractivity contribution >= 4 is 41.2 Å². The average Bonchev–Trinajstić information content (AvgIpc) is 3.27. The van der Waals surface area contributed by atoms with Gasteiger partial charge in [-0.3, -0.25) is 4.79 Å². The van der Waals surface area contributed by atoms with Crippen molar-refractivity contribution in [3.63, 3.8) is 0 Å². The normalized spacial score (nSPS) is 13.6. The van der Waals surface area contributed by atoms with Crippen molar-refractivity contribution in [1.82, 2.24) is 15.3 Å². The highest BCUT2D eigenvalue weighted by Crippen LogP contribution is 2.35. The van der Waals surface area contributed by atoms with Crippen LogP contribution in [-0.2, 0) is 4.79 Å². The molecule has 8 nitrogen and oxygen atoms in total. The second-order valence-corrected chi connectivity index (χ2v) is 7.34. The molecule has 1 aliphatic heterocycles. The Bertz CT molecular complexity index is 842. The van der Waals surface area contributed by atoms with E-state index in [1.807, 2.05) is 12.1 Å². The number of nitrogens with zero attached hydrogens (tertiary/aromatic N) is 3. The van der Waals surface area contributed by atoms with Crippen LogP contribution in [0.15, 0.2) is 12.1 Å². The molecular formula is C20H29N5O3S. The van der Waals surface area contributed by atoms with Gasteiger partial charge in [-0.2, -0.15) is 17.6 Å². The van der Waals surface area contributed by atoms with Gasteiger partial charge < -0.3 is 25.0 Å². The number of fused-ring (bicyclic) bond motifs is 1. The van der Waals surface area contributed by atoms with Crippen molar-refractivity contribution in [3.05, 3.63) is 12.1 Å². The summed E-state index contributed by atoms with van der Waals surface area (Å²) in [5.41, 5.74) is 0.809. The fourth-order valence-electron chi connectivity index (χ4n) is 3.35. The summed E-state index contributed by atoms with van der Waals surface area (Å²) in [7, 11) is 3.23. The molecule has 2 N–H and O–H groups in total. The van der Waals surface area contributed by atoms with Crippen molar-refractivity contribution in [1.29, 1.82) is 0 Å². The molecule has 3 rings (SSSR count). The molecule has 1 aliphatic rings. The molecule has 29 heavy (non-hydrogen) atoms. The zero-order chi connectivity index (χ0) is 20.6. The van der Waals surface area contributed by atoms with Gasteiger partial charge in [0.25, 0.3) is 0 Å². The molecule has 0 saturated carbocycles. The predicted octanol–water partition coefficient (Wildman–Crippen LogP) is 2.49. The van der Waals surface area contributed by atoms with Gasteiger partial charge in [-0.25, -0.2) is 4.98 Å². The van der Waals surface area contributed by atoms with Crippen molar-refractivity contribution < 1.29 is 14.3 Å². The molecule has 1 amide bonds. The van der Waals surface area contributed by atoms with Gasteiger partial charge >= 0.3 is 0 Å². The zero-order valence-electron chi connectivity index (χ0n) is 17.0. The number of ether oxygens (including phenoxy) is 2. The van der Waals surface area contributed by atoms with E-state index >= 15 is 0 Å². The van der Waals surface area contributed by atoms with E-state index in [0.717, 1.165) is 55.0 Å².